The summed E-state index contributed by atoms with van der Waals surface area (Å²) in [6.45, 7) is 4.50. The molecule has 0 radical (unpaired) electrons. The average Bonchev–Trinajstić information content (AvgIpc) is 2.49. The fourth-order valence-electron chi connectivity index (χ4n) is 2.20. The van der Waals surface area contributed by atoms with Crippen LogP contribution in [0.4, 0.5) is 5.69 Å². The van der Waals surface area contributed by atoms with Gasteiger partial charge >= 0.3 is 0 Å². The number of allylic oxidation sites excluding steroid dienone is 1. The number of hydrogen-bond acceptors (Lipinski definition) is 1. The molecule has 1 nitrogen and oxygen atoms in total. The molecular formula is C19H23N. The summed E-state index contributed by atoms with van der Waals surface area (Å²) >= 11 is 0. The fourth-order valence-corrected chi connectivity index (χ4v) is 2.20. The molecule has 0 bridgehead atoms. The SMILES string of the molecule is CC(C)C/C=C(\c1ccccc1)N(C)c1ccccc1. The zero-order chi connectivity index (χ0) is 14.4. The minimum atomic E-state index is 0.665. The van der Waals surface area contributed by atoms with E-state index >= 15 is 0 Å². The second kappa shape index (κ2) is 6.95. The van der Waals surface area contributed by atoms with Gasteiger partial charge in [0, 0.05) is 18.4 Å². The van der Waals surface area contributed by atoms with Crippen LogP contribution in [0.15, 0.2) is 66.7 Å². The predicted molar refractivity (Wildman–Crippen MR) is 88.7 cm³/mol. The first-order chi connectivity index (χ1) is 9.68. The molecule has 2 aromatic rings. The Kier molecular flexibility index (Phi) is 5.00. The van der Waals surface area contributed by atoms with Crippen molar-refractivity contribution in [1.29, 1.82) is 0 Å². The van der Waals surface area contributed by atoms with Crippen LogP contribution >= 0.6 is 0 Å². The van der Waals surface area contributed by atoms with Crippen LogP contribution in [0, 0.1) is 5.92 Å². The molecule has 0 saturated heterocycles. The van der Waals surface area contributed by atoms with Crippen LogP contribution in [0.2, 0.25) is 0 Å². The highest BCUT2D eigenvalue weighted by atomic mass is 15.1. The summed E-state index contributed by atoms with van der Waals surface area (Å²) in [5.41, 5.74) is 3.75. The van der Waals surface area contributed by atoms with E-state index in [2.05, 4.69) is 92.5 Å². The van der Waals surface area contributed by atoms with Crippen LogP contribution in [0.25, 0.3) is 5.70 Å². The Morgan fingerprint density at radius 1 is 0.950 bits per heavy atom. The van der Waals surface area contributed by atoms with Crippen LogP contribution in [0.3, 0.4) is 0 Å². The first kappa shape index (κ1) is 14.4. The third-order valence-corrected chi connectivity index (χ3v) is 3.36. The van der Waals surface area contributed by atoms with Gasteiger partial charge in [-0.3, -0.25) is 0 Å². The Morgan fingerprint density at radius 2 is 1.50 bits per heavy atom. The quantitative estimate of drug-likeness (QED) is 0.717. The first-order valence-electron chi connectivity index (χ1n) is 7.23. The molecule has 1 heteroatoms. The van der Waals surface area contributed by atoms with Crippen LogP contribution < -0.4 is 4.90 Å². The standard InChI is InChI=1S/C19H23N/c1-16(2)14-15-19(17-10-6-4-7-11-17)20(3)18-12-8-5-9-13-18/h4-13,15-16H,14H2,1-3H3/b19-15+. The summed E-state index contributed by atoms with van der Waals surface area (Å²) in [7, 11) is 2.13. The van der Waals surface area contributed by atoms with Crippen molar-refractivity contribution in [1.82, 2.24) is 0 Å². The van der Waals surface area contributed by atoms with Gasteiger partial charge in [-0.2, -0.15) is 0 Å². The van der Waals surface area contributed by atoms with Gasteiger partial charge in [0.25, 0.3) is 0 Å². The van der Waals surface area contributed by atoms with Crippen molar-refractivity contribution in [3.63, 3.8) is 0 Å². The minimum Gasteiger partial charge on any atom is -0.344 e. The summed E-state index contributed by atoms with van der Waals surface area (Å²) in [6, 6.07) is 21.1. The zero-order valence-corrected chi connectivity index (χ0v) is 12.6. The number of rotatable bonds is 5. The van der Waals surface area contributed by atoms with Gasteiger partial charge < -0.3 is 4.90 Å². The lowest BCUT2D eigenvalue weighted by Gasteiger charge is -2.24. The molecule has 20 heavy (non-hydrogen) atoms. The third kappa shape index (κ3) is 3.74. The van der Waals surface area contributed by atoms with Crippen molar-refractivity contribution < 1.29 is 0 Å². The van der Waals surface area contributed by atoms with E-state index in [1.807, 2.05) is 0 Å². The molecule has 0 atom stereocenters. The van der Waals surface area contributed by atoms with Gasteiger partial charge in [0.2, 0.25) is 0 Å². The molecule has 0 N–H and O–H groups in total. The second-order valence-electron chi connectivity index (χ2n) is 5.48. The maximum Gasteiger partial charge on any atom is 0.0441 e. The number of nitrogens with zero attached hydrogens (tertiary/aromatic N) is 1. The molecule has 0 heterocycles. The van der Waals surface area contributed by atoms with Crippen LogP contribution in [0.1, 0.15) is 25.8 Å². The number of anilines is 1. The monoisotopic (exact) mass is 265 g/mol. The average molecular weight is 265 g/mol. The molecule has 0 aliphatic rings. The van der Waals surface area contributed by atoms with Crippen LogP contribution in [-0.2, 0) is 0 Å². The predicted octanol–water partition coefficient (Wildman–Crippen LogP) is 5.21. The highest BCUT2D eigenvalue weighted by molar-refractivity contribution is 5.78. The fraction of sp³-hybridized carbons (Fsp3) is 0.263. The Balaban J connectivity index is 2.34. The maximum atomic E-state index is 2.34. The van der Waals surface area contributed by atoms with Gasteiger partial charge in [0.1, 0.15) is 0 Å². The number of hydrogen-bond donors (Lipinski definition) is 0. The van der Waals surface area contributed by atoms with Gasteiger partial charge in [0.05, 0.1) is 0 Å². The van der Waals surface area contributed by atoms with Crippen molar-refractivity contribution in [3.8, 4) is 0 Å². The highest BCUT2D eigenvalue weighted by Gasteiger charge is 2.09. The van der Waals surface area contributed by atoms with Crippen LogP contribution in [-0.4, -0.2) is 7.05 Å². The van der Waals surface area contributed by atoms with E-state index in [-0.39, 0.29) is 0 Å². The lowest BCUT2D eigenvalue weighted by atomic mass is 10.1. The Bertz CT molecular complexity index is 540. The molecule has 0 fully saturated rings. The van der Waals surface area contributed by atoms with E-state index in [4.69, 9.17) is 0 Å². The summed E-state index contributed by atoms with van der Waals surface area (Å²) in [4.78, 5) is 2.26. The Hall–Kier alpha value is -2.02. The Labute approximate surface area is 122 Å². The van der Waals surface area contributed by atoms with Crippen molar-refractivity contribution in [3.05, 3.63) is 72.3 Å². The maximum absolute atomic E-state index is 2.34. The van der Waals surface area contributed by atoms with Crippen molar-refractivity contribution in [2.24, 2.45) is 5.92 Å². The molecule has 0 unspecified atom stereocenters. The normalized spacial score (nSPS) is 11.7. The smallest absolute Gasteiger partial charge is 0.0441 e. The minimum absolute atomic E-state index is 0.665. The molecule has 2 aromatic carbocycles. The van der Waals surface area contributed by atoms with E-state index in [1.165, 1.54) is 16.9 Å². The molecule has 2 rings (SSSR count). The number of para-hydroxylation sites is 1. The van der Waals surface area contributed by atoms with Gasteiger partial charge in [-0.15, -0.1) is 0 Å². The van der Waals surface area contributed by atoms with Gasteiger partial charge in [-0.1, -0.05) is 68.5 Å². The van der Waals surface area contributed by atoms with Crippen LogP contribution in [0.5, 0.6) is 0 Å². The molecular weight excluding hydrogens is 242 g/mol. The molecule has 104 valence electrons. The summed E-state index contributed by atoms with van der Waals surface area (Å²) < 4.78 is 0. The van der Waals surface area contributed by atoms with Gasteiger partial charge in [0.15, 0.2) is 0 Å². The molecule has 0 aromatic heterocycles. The van der Waals surface area contributed by atoms with Crippen molar-refractivity contribution in [2.75, 3.05) is 11.9 Å². The second-order valence-corrected chi connectivity index (χ2v) is 5.48. The topological polar surface area (TPSA) is 3.24 Å². The van der Waals surface area contributed by atoms with Gasteiger partial charge in [-0.05, 0) is 30.0 Å². The summed E-state index contributed by atoms with van der Waals surface area (Å²) in [5.74, 6) is 0.665. The van der Waals surface area contributed by atoms with Gasteiger partial charge in [-0.25, -0.2) is 0 Å². The summed E-state index contributed by atoms with van der Waals surface area (Å²) in [5, 5.41) is 0. The molecule has 0 spiro atoms. The van der Waals surface area contributed by atoms with E-state index in [1.54, 1.807) is 0 Å². The van der Waals surface area contributed by atoms with E-state index < -0.39 is 0 Å². The first-order valence-corrected chi connectivity index (χ1v) is 7.23. The highest BCUT2D eigenvalue weighted by Crippen LogP contribution is 2.25. The largest absolute Gasteiger partial charge is 0.344 e. The van der Waals surface area contributed by atoms with Crippen molar-refractivity contribution >= 4 is 11.4 Å². The lowest BCUT2D eigenvalue weighted by molar-refractivity contribution is 0.664. The molecule has 0 aliphatic heterocycles. The van der Waals surface area contributed by atoms with Crippen molar-refractivity contribution in [2.45, 2.75) is 20.3 Å². The molecule has 0 amide bonds. The summed E-state index contributed by atoms with van der Waals surface area (Å²) in [6.07, 6.45) is 3.43. The molecule has 0 saturated carbocycles. The lowest BCUT2D eigenvalue weighted by Crippen LogP contribution is -2.15. The Morgan fingerprint density at radius 3 is 2.05 bits per heavy atom. The van der Waals surface area contributed by atoms with E-state index in [9.17, 15) is 0 Å². The van der Waals surface area contributed by atoms with E-state index in [0.29, 0.717) is 5.92 Å². The number of benzene rings is 2. The van der Waals surface area contributed by atoms with E-state index in [0.717, 1.165) is 6.42 Å². The third-order valence-electron chi connectivity index (χ3n) is 3.36. The molecule has 0 aliphatic carbocycles. The zero-order valence-electron chi connectivity index (χ0n) is 12.6.